The molecule has 3 rings (SSSR count). The van der Waals surface area contributed by atoms with Crippen molar-refractivity contribution in [1.29, 1.82) is 0 Å². The second-order valence-electron chi connectivity index (χ2n) is 6.23. The van der Waals surface area contributed by atoms with E-state index in [-0.39, 0.29) is 12.3 Å². The Bertz CT molecular complexity index is 968. The molecule has 4 N–H and O–H groups in total. The molecule has 0 bridgehead atoms. The summed E-state index contributed by atoms with van der Waals surface area (Å²) in [6.07, 6.45) is 3.06. The first-order valence-corrected chi connectivity index (χ1v) is 8.61. The van der Waals surface area contributed by atoms with Crippen LogP contribution >= 0.6 is 0 Å². The number of rotatable bonds is 2. The molecule has 0 saturated heterocycles. The third-order valence-corrected chi connectivity index (χ3v) is 5.22. The lowest BCUT2D eigenvalue weighted by Gasteiger charge is -2.35. The van der Waals surface area contributed by atoms with Crippen molar-refractivity contribution in [2.75, 3.05) is 6.54 Å². The van der Waals surface area contributed by atoms with Gasteiger partial charge in [0.05, 0.1) is 11.4 Å². The van der Waals surface area contributed by atoms with Crippen LogP contribution in [0.25, 0.3) is 0 Å². The molecule has 1 heterocycles. The van der Waals surface area contributed by atoms with Crippen molar-refractivity contribution in [3.8, 4) is 5.75 Å². The standard InChI is InChI=1S/C16H16N2O5S/c1-16(2)9-4-13(19)8(7-17)3-11(9)18-12-6-15(24(21,22)23)14(20)5-10(12)16/h3-6,20H,7,17H2,1-2H3,(H,21,22,23). The van der Waals surface area contributed by atoms with E-state index in [1.165, 1.54) is 12.1 Å². The Balaban J connectivity index is 2.31. The van der Waals surface area contributed by atoms with E-state index in [1.807, 2.05) is 13.8 Å². The molecule has 0 atom stereocenters. The Morgan fingerprint density at radius 2 is 1.92 bits per heavy atom. The van der Waals surface area contributed by atoms with Crippen molar-refractivity contribution >= 4 is 27.3 Å². The van der Waals surface area contributed by atoms with Crippen molar-refractivity contribution in [2.24, 2.45) is 10.7 Å². The number of phenolic OH excluding ortho intramolecular Hbond substituents is 1. The van der Waals surface area contributed by atoms with Crippen LogP contribution in [0.15, 0.2) is 45.3 Å². The van der Waals surface area contributed by atoms with Gasteiger partial charge in [0.2, 0.25) is 0 Å². The Kier molecular flexibility index (Phi) is 3.52. The second kappa shape index (κ2) is 5.10. The number of allylic oxidation sites excluding steroid dienone is 3. The van der Waals surface area contributed by atoms with E-state index in [0.717, 1.165) is 6.07 Å². The lowest BCUT2D eigenvalue weighted by molar-refractivity contribution is -0.111. The maximum Gasteiger partial charge on any atom is 0.298 e. The molecule has 24 heavy (non-hydrogen) atoms. The maximum absolute atomic E-state index is 12.1. The summed E-state index contributed by atoms with van der Waals surface area (Å²) in [4.78, 5) is 15.9. The van der Waals surface area contributed by atoms with Crippen LogP contribution in [0, 0.1) is 0 Å². The number of carbonyl (C=O) groups excluding carboxylic acids is 1. The van der Waals surface area contributed by atoms with Crippen LogP contribution in [-0.4, -0.2) is 36.1 Å². The maximum atomic E-state index is 12.1. The first kappa shape index (κ1) is 16.6. The molecule has 126 valence electrons. The molecular weight excluding hydrogens is 332 g/mol. The molecule has 8 heteroatoms. The molecule has 0 amide bonds. The number of nitrogens with zero attached hydrogens (tertiary/aromatic N) is 1. The number of aromatic hydroxyl groups is 1. The van der Waals surface area contributed by atoms with Crippen LogP contribution in [-0.2, 0) is 20.3 Å². The molecule has 0 spiro atoms. The van der Waals surface area contributed by atoms with E-state index in [9.17, 15) is 22.9 Å². The van der Waals surface area contributed by atoms with Crippen LogP contribution < -0.4 is 5.73 Å². The SMILES string of the molecule is CC1(C)C2=CC(=O)C(CN)=CC2=Nc2cc(S(=O)(=O)O)c(O)cc21. The molecule has 0 unspecified atom stereocenters. The highest BCUT2D eigenvalue weighted by Crippen LogP contribution is 2.46. The summed E-state index contributed by atoms with van der Waals surface area (Å²) in [5, 5.41) is 9.96. The topological polar surface area (TPSA) is 130 Å². The van der Waals surface area contributed by atoms with Gasteiger partial charge in [0.15, 0.2) is 5.78 Å². The molecular formula is C16H16N2O5S. The normalized spacial score (nSPS) is 19.0. The van der Waals surface area contributed by atoms with Gasteiger partial charge >= 0.3 is 0 Å². The zero-order valence-electron chi connectivity index (χ0n) is 13.1. The van der Waals surface area contributed by atoms with Gasteiger partial charge in [-0.25, -0.2) is 4.99 Å². The first-order valence-electron chi connectivity index (χ1n) is 7.17. The van der Waals surface area contributed by atoms with Crippen molar-refractivity contribution in [1.82, 2.24) is 0 Å². The largest absolute Gasteiger partial charge is 0.506 e. The van der Waals surface area contributed by atoms with E-state index in [2.05, 4.69) is 4.99 Å². The second-order valence-corrected chi connectivity index (χ2v) is 7.62. The summed E-state index contributed by atoms with van der Waals surface area (Å²) in [5.74, 6) is -0.759. The molecule has 1 aromatic rings. The fourth-order valence-electron chi connectivity index (χ4n) is 3.00. The number of fused-ring (bicyclic) bond motifs is 2. The Morgan fingerprint density at radius 1 is 1.25 bits per heavy atom. The average molecular weight is 348 g/mol. The molecule has 2 aliphatic rings. The predicted octanol–water partition coefficient (Wildman–Crippen LogP) is 1.40. The molecule has 0 aromatic heterocycles. The van der Waals surface area contributed by atoms with Crippen LogP contribution in [0.1, 0.15) is 19.4 Å². The zero-order valence-corrected chi connectivity index (χ0v) is 13.9. The van der Waals surface area contributed by atoms with E-state index in [4.69, 9.17) is 5.73 Å². The van der Waals surface area contributed by atoms with Gasteiger partial charge in [0.25, 0.3) is 10.1 Å². The molecule has 0 saturated carbocycles. The summed E-state index contributed by atoms with van der Waals surface area (Å²) in [7, 11) is -4.58. The fraction of sp³-hybridized carbons (Fsp3) is 0.250. The Labute approximate surface area is 139 Å². The number of nitrogens with two attached hydrogens (primary N) is 1. The summed E-state index contributed by atoms with van der Waals surface area (Å²) in [6, 6.07) is 2.38. The van der Waals surface area contributed by atoms with E-state index < -0.39 is 26.2 Å². The molecule has 0 fully saturated rings. The Morgan fingerprint density at radius 3 is 2.50 bits per heavy atom. The minimum atomic E-state index is -4.58. The van der Waals surface area contributed by atoms with Gasteiger partial charge in [-0.1, -0.05) is 13.8 Å². The molecule has 7 nitrogen and oxygen atoms in total. The lowest BCUT2D eigenvalue weighted by Crippen LogP contribution is -2.32. The van der Waals surface area contributed by atoms with Gasteiger partial charge in [-0.3, -0.25) is 9.35 Å². The van der Waals surface area contributed by atoms with Gasteiger partial charge in [-0.05, 0) is 35.4 Å². The number of benzene rings is 1. The number of hydrogen-bond acceptors (Lipinski definition) is 6. The van der Waals surface area contributed by atoms with Gasteiger partial charge in [-0.2, -0.15) is 8.42 Å². The van der Waals surface area contributed by atoms with Gasteiger partial charge in [0.1, 0.15) is 10.6 Å². The number of carbonyl (C=O) groups is 1. The van der Waals surface area contributed by atoms with Crippen molar-refractivity contribution in [2.45, 2.75) is 24.2 Å². The molecule has 1 aliphatic heterocycles. The smallest absolute Gasteiger partial charge is 0.298 e. The average Bonchev–Trinajstić information content (AvgIpc) is 2.47. The summed E-state index contributed by atoms with van der Waals surface area (Å²) in [6.45, 7) is 3.75. The summed E-state index contributed by atoms with van der Waals surface area (Å²) in [5.41, 5.74) is 7.32. The quantitative estimate of drug-likeness (QED) is 0.547. The number of phenols is 1. The molecule has 1 aliphatic carbocycles. The van der Waals surface area contributed by atoms with Crippen LogP contribution in [0.5, 0.6) is 5.75 Å². The van der Waals surface area contributed by atoms with Crippen molar-refractivity contribution in [3.05, 3.63) is 41.0 Å². The summed E-state index contributed by atoms with van der Waals surface area (Å²) < 4.78 is 32.0. The number of ketones is 1. The first-order chi connectivity index (χ1) is 11.1. The highest BCUT2D eigenvalue weighted by atomic mass is 32.2. The molecule has 0 radical (unpaired) electrons. The van der Waals surface area contributed by atoms with Gasteiger partial charge in [0, 0.05) is 17.5 Å². The van der Waals surface area contributed by atoms with Gasteiger partial charge < -0.3 is 10.8 Å². The predicted molar refractivity (Wildman–Crippen MR) is 88.3 cm³/mol. The van der Waals surface area contributed by atoms with Crippen LogP contribution in [0.4, 0.5) is 5.69 Å². The van der Waals surface area contributed by atoms with E-state index in [1.54, 1.807) is 6.08 Å². The van der Waals surface area contributed by atoms with Crippen molar-refractivity contribution in [3.63, 3.8) is 0 Å². The summed E-state index contributed by atoms with van der Waals surface area (Å²) >= 11 is 0. The third-order valence-electron chi connectivity index (χ3n) is 4.34. The minimum absolute atomic E-state index is 0.0702. The molecule has 1 aromatic carbocycles. The number of hydrogen-bond donors (Lipinski definition) is 3. The number of aliphatic imine (C=N–C) groups is 1. The third kappa shape index (κ3) is 2.39. The fourth-order valence-corrected chi connectivity index (χ4v) is 3.58. The monoisotopic (exact) mass is 348 g/mol. The van der Waals surface area contributed by atoms with E-state index in [0.29, 0.717) is 28.1 Å². The highest BCUT2D eigenvalue weighted by molar-refractivity contribution is 7.86. The van der Waals surface area contributed by atoms with Crippen LogP contribution in [0.2, 0.25) is 0 Å². The van der Waals surface area contributed by atoms with E-state index >= 15 is 0 Å². The van der Waals surface area contributed by atoms with Gasteiger partial charge in [-0.15, -0.1) is 0 Å². The van der Waals surface area contributed by atoms with Crippen LogP contribution in [0.3, 0.4) is 0 Å². The van der Waals surface area contributed by atoms with Crippen molar-refractivity contribution < 1.29 is 22.9 Å². The Hall–Kier alpha value is -2.29. The highest BCUT2D eigenvalue weighted by Gasteiger charge is 2.38. The zero-order chi connectivity index (χ0) is 17.9. The minimum Gasteiger partial charge on any atom is -0.506 e. The lowest BCUT2D eigenvalue weighted by atomic mass is 9.71.